The summed E-state index contributed by atoms with van der Waals surface area (Å²) in [4.78, 5) is 31.9. The molecule has 3 rings (SSSR count). The van der Waals surface area contributed by atoms with E-state index in [1.165, 1.54) is 6.07 Å². The van der Waals surface area contributed by atoms with Crippen molar-refractivity contribution in [1.29, 1.82) is 0 Å². The first-order valence-corrected chi connectivity index (χ1v) is 6.63. The molecule has 2 heterocycles. The molecule has 2 aliphatic rings. The quantitative estimate of drug-likeness (QED) is 0.842. The minimum absolute atomic E-state index is 0.0722. The lowest BCUT2D eigenvalue weighted by atomic mass is 9.99. The summed E-state index contributed by atoms with van der Waals surface area (Å²) in [5.41, 5.74) is -0.154. The van der Waals surface area contributed by atoms with Crippen LogP contribution >= 0.6 is 0 Å². The number of rotatable bonds is 3. The third-order valence-corrected chi connectivity index (χ3v) is 3.96. The fraction of sp³-hybridized carbons (Fsp3) is 0.615. The molecule has 0 aromatic carbocycles. The van der Waals surface area contributed by atoms with Crippen molar-refractivity contribution in [2.75, 3.05) is 18.0 Å². The SMILES string of the molecule is C[C@@H]1CN(c2cc(=O)[nH]c(C3CC3)n2)C[C@H]1C(=O)O. The predicted octanol–water partition coefficient (Wildman–Crippen LogP) is 0.804. The van der Waals surface area contributed by atoms with Gasteiger partial charge in [0.25, 0.3) is 5.56 Å². The van der Waals surface area contributed by atoms with Crippen LogP contribution in [0.5, 0.6) is 0 Å². The molecule has 1 aliphatic carbocycles. The highest BCUT2D eigenvalue weighted by molar-refractivity contribution is 5.72. The van der Waals surface area contributed by atoms with Crippen LogP contribution < -0.4 is 10.5 Å². The maximum absolute atomic E-state index is 11.7. The van der Waals surface area contributed by atoms with Gasteiger partial charge in [-0.3, -0.25) is 9.59 Å². The van der Waals surface area contributed by atoms with Gasteiger partial charge in [-0.1, -0.05) is 6.92 Å². The summed E-state index contributed by atoms with van der Waals surface area (Å²) in [5.74, 6) is 0.647. The van der Waals surface area contributed by atoms with Crippen molar-refractivity contribution >= 4 is 11.8 Å². The molecule has 2 N–H and O–H groups in total. The number of aromatic amines is 1. The first kappa shape index (κ1) is 12.2. The van der Waals surface area contributed by atoms with Gasteiger partial charge in [0.15, 0.2) is 0 Å². The first-order chi connectivity index (χ1) is 9.04. The molecule has 1 saturated heterocycles. The molecule has 6 heteroatoms. The summed E-state index contributed by atoms with van der Waals surface area (Å²) in [5, 5.41) is 9.14. The molecule has 2 atom stereocenters. The molecule has 0 bridgehead atoms. The van der Waals surface area contributed by atoms with Crippen LogP contribution in [-0.4, -0.2) is 34.1 Å². The molecular weight excluding hydrogens is 246 g/mol. The van der Waals surface area contributed by atoms with Gasteiger partial charge in [0, 0.05) is 25.1 Å². The fourth-order valence-corrected chi connectivity index (χ4v) is 2.65. The largest absolute Gasteiger partial charge is 0.481 e. The van der Waals surface area contributed by atoms with Crippen LogP contribution in [0.25, 0.3) is 0 Å². The Morgan fingerprint density at radius 3 is 2.79 bits per heavy atom. The summed E-state index contributed by atoms with van der Waals surface area (Å²) < 4.78 is 0. The predicted molar refractivity (Wildman–Crippen MR) is 69.3 cm³/mol. The lowest BCUT2D eigenvalue weighted by Crippen LogP contribution is -2.25. The van der Waals surface area contributed by atoms with E-state index in [9.17, 15) is 9.59 Å². The Labute approximate surface area is 110 Å². The molecule has 6 nitrogen and oxygen atoms in total. The Hall–Kier alpha value is -1.85. The third-order valence-electron chi connectivity index (χ3n) is 3.96. The van der Waals surface area contributed by atoms with E-state index in [0.717, 1.165) is 18.7 Å². The summed E-state index contributed by atoms with van der Waals surface area (Å²) in [7, 11) is 0. The highest BCUT2D eigenvalue weighted by Crippen LogP contribution is 2.38. The lowest BCUT2D eigenvalue weighted by Gasteiger charge is -2.17. The minimum atomic E-state index is -0.776. The molecule has 0 amide bonds. The summed E-state index contributed by atoms with van der Waals surface area (Å²) in [6, 6.07) is 1.46. The Morgan fingerprint density at radius 1 is 1.47 bits per heavy atom. The maximum Gasteiger partial charge on any atom is 0.308 e. The van der Waals surface area contributed by atoms with E-state index < -0.39 is 5.97 Å². The smallest absolute Gasteiger partial charge is 0.308 e. The van der Waals surface area contributed by atoms with E-state index in [2.05, 4.69) is 9.97 Å². The molecule has 2 fully saturated rings. The Balaban J connectivity index is 1.86. The molecule has 1 aromatic rings. The maximum atomic E-state index is 11.7. The number of nitrogens with zero attached hydrogens (tertiary/aromatic N) is 2. The van der Waals surface area contributed by atoms with Crippen LogP contribution in [0.1, 0.15) is 31.5 Å². The third kappa shape index (κ3) is 2.34. The normalized spacial score (nSPS) is 26.7. The van der Waals surface area contributed by atoms with Gasteiger partial charge in [0.1, 0.15) is 11.6 Å². The van der Waals surface area contributed by atoms with Gasteiger partial charge >= 0.3 is 5.97 Å². The second kappa shape index (κ2) is 4.36. The summed E-state index contributed by atoms with van der Waals surface area (Å²) in [6.45, 7) is 2.99. The standard InChI is InChI=1S/C13H17N3O3/c1-7-5-16(6-9(7)13(18)19)10-4-11(17)15-12(14-10)8-2-3-8/h4,7-9H,2-3,5-6H2,1H3,(H,18,19)(H,14,15,17)/t7-,9-/m1/s1. The average molecular weight is 263 g/mol. The number of aromatic nitrogens is 2. The Morgan fingerprint density at radius 2 is 2.21 bits per heavy atom. The van der Waals surface area contributed by atoms with E-state index in [4.69, 9.17) is 5.11 Å². The Kier molecular flexibility index (Phi) is 2.80. The fourth-order valence-electron chi connectivity index (χ4n) is 2.65. The molecular formula is C13H17N3O3. The minimum Gasteiger partial charge on any atom is -0.481 e. The number of carboxylic acid groups (broad SMARTS) is 1. The molecule has 1 aromatic heterocycles. The van der Waals surface area contributed by atoms with Crippen molar-refractivity contribution in [3.05, 3.63) is 22.2 Å². The summed E-state index contributed by atoms with van der Waals surface area (Å²) >= 11 is 0. The van der Waals surface area contributed by atoms with E-state index in [-0.39, 0.29) is 17.4 Å². The Bertz CT molecular complexity index is 564. The number of hydrogen-bond donors (Lipinski definition) is 2. The number of nitrogens with one attached hydrogen (secondary N) is 1. The zero-order valence-corrected chi connectivity index (χ0v) is 10.8. The number of hydrogen-bond acceptors (Lipinski definition) is 4. The van der Waals surface area contributed by atoms with Crippen LogP contribution in [0.4, 0.5) is 5.82 Å². The molecule has 0 unspecified atom stereocenters. The van der Waals surface area contributed by atoms with Crippen molar-refractivity contribution in [1.82, 2.24) is 9.97 Å². The van der Waals surface area contributed by atoms with Crippen LogP contribution in [0, 0.1) is 11.8 Å². The average Bonchev–Trinajstić information content (AvgIpc) is 3.11. The molecule has 1 aliphatic heterocycles. The highest BCUT2D eigenvalue weighted by atomic mass is 16.4. The topological polar surface area (TPSA) is 86.3 Å². The van der Waals surface area contributed by atoms with Crippen molar-refractivity contribution in [3.8, 4) is 0 Å². The van der Waals surface area contributed by atoms with Crippen LogP contribution in [0.15, 0.2) is 10.9 Å². The lowest BCUT2D eigenvalue weighted by molar-refractivity contribution is -0.142. The van der Waals surface area contributed by atoms with Gasteiger partial charge in [-0.25, -0.2) is 4.98 Å². The van der Waals surface area contributed by atoms with Crippen molar-refractivity contribution in [2.24, 2.45) is 11.8 Å². The number of aliphatic carboxylic acids is 1. The second-order valence-electron chi connectivity index (χ2n) is 5.59. The van der Waals surface area contributed by atoms with Crippen molar-refractivity contribution in [3.63, 3.8) is 0 Å². The number of H-pyrrole nitrogens is 1. The van der Waals surface area contributed by atoms with E-state index in [1.807, 2.05) is 11.8 Å². The highest BCUT2D eigenvalue weighted by Gasteiger charge is 2.36. The van der Waals surface area contributed by atoms with Gasteiger partial charge in [-0.15, -0.1) is 0 Å². The first-order valence-electron chi connectivity index (χ1n) is 6.63. The van der Waals surface area contributed by atoms with Crippen molar-refractivity contribution < 1.29 is 9.90 Å². The molecule has 102 valence electrons. The number of carboxylic acids is 1. The van der Waals surface area contributed by atoms with Crippen LogP contribution in [0.3, 0.4) is 0 Å². The monoisotopic (exact) mass is 263 g/mol. The number of carbonyl (C=O) groups is 1. The summed E-state index contributed by atoms with van der Waals surface area (Å²) in [6.07, 6.45) is 2.14. The van der Waals surface area contributed by atoms with Gasteiger partial charge in [-0.05, 0) is 18.8 Å². The van der Waals surface area contributed by atoms with Crippen LogP contribution in [-0.2, 0) is 4.79 Å². The van der Waals surface area contributed by atoms with Crippen molar-refractivity contribution in [2.45, 2.75) is 25.7 Å². The zero-order valence-electron chi connectivity index (χ0n) is 10.8. The van der Waals surface area contributed by atoms with Gasteiger partial charge in [-0.2, -0.15) is 0 Å². The van der Waals surface area contributed by atoms with Gasteiger partial charge < -0.3 is 15.0 Å². The molecule has 0 radical (unpaired) electrons. The van der Waals surface area contributed by atoms with Crippen LogP contribution in [0.2, 0.25) is 0 Å². The van der Waals surface area contributed by atoms with E-state index in [0.29, 0.717) is 24.8 Å². The molecule has 19 heavy (non-hydrogen) atoms. The van der Waals surface area contributed by atoms with Gasteiger partial charge in [0.05, 0.1) is 5.92 Å². The van der Waals surface area contributed by atoms with Gasteiger partial charge in [0.2, 0.25) is 0 Å². The second-order valence-corrected chi connectivity index (χ2v) is 5.59. The molecule has 1 saturated carbocycles. The zero-order chi connectivity index (χ0) is 13.6. The number of anilines is 1. The molecule has 0 spiro atoms. The van der Waals surface area contributed by atoms with E-state index >= 15 is 0 Å². The van der Waals surface area contributed by atoms with E-state index in [1.54, 1.807) is 0 Å².